The first-order valence-corrected chi connectivity index (χ1v) is 10.0. The van der Waals surface area contributed by atoms with Gasteiger partial charge in [-0.3, -0.25) is 0 Å². The standard InChI is InChI=1S/C20H27Cl2N5O2/c1-20(2,3)29-19(28)25-9-5-8-24-17-10-16(15(23)12-27-17)26-11-13-6-4-7-14(21)18(13)22/h4,6-7,10,12H,5,8-9,11,23H2,1-3H3,(H,25,28)(H2,24,26,27). The number of aromatic nitrogens is 1. The minimum atomic E-state index is -0.505. The predicted octanol–water partition coefficient (Wildman–Crippen LogP) is 4.91. The molecule has 158 valence electrons. The van der Waals surface area contributed by atoms with Crippen LogP contribution < -0.4 is 21.7 Å². The lowest BCUT2D eigenvalue weighted by Crippen LogP contribution is -2.33. The average Bonchev–Trinajstić information content (AvgIpc) is 2.63. The molecular formula is C20H27Cl2N5O2. The third-order valence-electron chi connectivity index (χ3n) is 3.76. The van der Waals surface area contributed by atoms with E-state index in [2.05, 4.69) is 20.9 Å². The van der Waals surface area contributed by atoms with Crippen molar-refractivity contribution in [2.24, 2.45) is 0 Å². The van der Waals surface area contributed by atoms with Crippen LogP contribution in [0.5, 0.6) is 0 Å². The molecule has 0 aliphatic rings. The van der Waals surface area contributed by atoms with Crippen molar-refractivity contribution >= 4 is 46.5 Å². The molecule has 2 aromatic rings. The molecule has 0 fully saturated rings. The van der Waals surface area contributed by atoms with Crippen LogP contribution in [0.3, 0.4) is 0 Å². The van der Waals surface area contributed by atoms with Crippen molar-refractivity contribution in [1.29, 1.82) is 0 Å². The third kappa shape index (κ3) is 7.87. The Balaban J connectivity index is 1.81. The number of amides is 1. The number of carbonyl (C=O) groups is 1. The van der Waals surface area contributed by atoms with Crippen LogP contribution in [0.2, 0.25) is 10.0 Å². The summed E-state index contributed by atoms with van der Waals surface area (Å²) in [5.74, 6) is 0.677. The van der Waals surface area contributed by atoms with Gasteiger partial charge in [0.05, 0.1) is 27.6 Å². The summed E-state index contributed by atoms with van der Waals surface area (Å²) in [6.45, 7) is 7.08. The first kappa shape index (κ1) is 22.9. The van der Waals surface area contributed by atoms with E-state index in [-0.39, 0.29) is 0 Å². The Hall–Kier alpha value is -2.38. The van der Waals surface area contributed by atoms with E-state index in [9.17, 15) is 4.79 Å². The molecule has 0 saturated heterocycles. The van der Waals surface area contributed by atoms with Gasteiger partial charge in [0.15, 0.2) is 0 Å². The highest BCUT2D eigenvalue weighted by Crippen LogP contribution is 2.27. The van der Waals surface area contributed by atoms with Gasteiger partial charge in [0, 0.05) is 25.7 Å². The summed E-state index contributed by atoms with van der Waals surface area (Å²) in [6.07, 6.45) is 1.88. The van der Waals surface area contributed by atoms with Crippen LogP contribution in [-0.2, 0) is 11.3 Å². The lowest BCUT2D eigenvalue weighted by Gasteiger charge is -2.19. The molecular weight excluding hydrogens is 413 g/mol. The number of nitrogens with zero attached hydrogens (tertiary/aromatic N) is 1. The molecule has 0 saturated carbocycles. The Labute approximate surface area is 181 Å². The van der Waals surface area contributed by atoms with Crippen molar-refractivity contribution in [3.63, 3.8) is 0 Å². The Morgan fingerprint density at radius 1 is 1.21 bits per heavy atom. The van der Waals surface area contributed by atoms with Crippen LogP contribution in [-0.4, -0.2) is 29.8 Å². The maximum Gasteiger partial charge on any atom is 0.407 e. The van der Waals surface area contributed by atoms with E-state index in [0.717, 1.165) is 11.3 Å². The largest absolute Gasteiger partial charge is 0.444 e. The second kappa shape index (κ2) is 10.4. The van der Waals surface area contributed by atoms with Gasteiger partial charge in [-0.05, 0) is 38.8 Å². The van der Waals surface area contributed by atoms with E-state index in [4.69, 9.17) is 33.7 Å². The van der Waals surface area contributed by atoms with E-state index in [1.54, 1.807) is 12.3 Å². The molecule has 0 radical (unpaired) electrons. The van der Waals surface area contributed by atoms with Crippen molar-refractivity contribution in [3.8, 4) is 0 Å². The molecule has 1 aromatic carbocycles. The second-order valence-corrected chi connectivity index (χ2v) is 8.22. The highest BCUT2D eigenvalue weighted by molar-refractivity contribution is 6.42. The maximum absolute atomic E-state index is 11.6. The molecule has 0 atom stereocenters. The maximum atomic E-state index is 11.6. The molecule has 9 heteroatoms. The quantitative estimate of drug-likeness (QED) is 0.435. The zero-order valence-corrected chi connectivity index (χ0v) is 18.3. The fourth-order valence-electron chi connectivity index (χ4n) is 2.40. The van der Waals surface area contributed by atoms with Crippen LogP contribution in [0.1, 0.15) is 32.8 Å². The number of carbonyl (C=O) groups excluding carboxylic acids is 1. The fraction of sp³-hybridized carbons (Fsp3) is 0.400. The number of ether oxygens (including phenoxy) is 1. The van der Waals surface area contributed by atoms with Crippen LogP contribution in [0.4, 0.5) is 22.0 Å². The molecule has 0 unspecified atom stereocenters. The van der Waals surface area contributed by atoms with Crippen molar-refractivity contribution < 1.29 is 9.53 Å². The molecule has 0 spiro atoms. The average molecular weight is 440 g/mol. The van der Waals surface area contributed by atoms with Crippen LogP contribution >= 0.6 is 23.2 Å². The van der Waals surface area contributed by atoms with Gasteiger partial charge >= 0.3 is 6.09 Å². The summed E-state index contributed by atoms with van der Waals surface area (Å²) in [4.78, 5) is 15.9. The summed E-state index contributed by atoms with van der Waals surface area (Å²) in [6, 6.07) is 7.32. The second-order valence-electron chi connectivity index (χ2n) is 7.43. The third-order valence-corrected chi connectivity index (χ3v) is 4.62. The Morgan fingerprint density at radius 2 is 1.97 bits per heavy atom. The van der Waals surface area contributed by atoms with Gasteiger partial charge in [-0.25, -0.2) is 9.78 Å². The summed E-state index contributed by atoms with van der Waals surface area (Å²) >= 11 is 12.3. The van der Waals surface area contributed by atoms with Crippen LogP contribution in [0, 0.1) is 0 Å². The number of rotatable bonds is 8. The number of anilines is 3. The first-order valence-electron chi connectivity index (χ1n) is 9.29. The Morgan fingerprint density at radius 3 is 2.69 bits per heavy atom. The highest BCUT2D eigenvalue weighted by Gasteiger charge is 2.15. The van der Waals surface area contributed by atoms with Crippen molar-refractivity contribution in [1.82, 2.24) is 10.3 Å². The van der Waals surface area contributed by atoms with Gasteiger partial charge in [-0.2, -0.15) is 0 Å². The molecule has 0 aliphatic heterocycles. The number of benzene rings is 1. The summed E-state index contributed by atoms with van der Waals surface area (Å²) in [7, 11) is 0. The fourth-order valence-corrected chi connectivity index (χ4v) is 2.79. The number of hydrogen-bond donors (Lipinski definition) is 4. The minimum Gasteiger partial charge on any atom is -0.444 e. The van der Waals surface area contributed by atoms with Crippen molar-refractivity contribution in [2.45, 2.75) is 39.3 Å². The molecule has 7 nitrogen and oxygen atoms in total. The van der Waals surface area contributed by atoms with Crippen molar-refractivity contribution in [2.75, 3.05) is 29.5 Å². The van der Waals surface area contributed by atoms with E-state index in [1.807, 2.05) is 39.0 Å². The Kier molecular flexibility index (Phi) is 8.22. The number of nitrogen functional groups attached to an aromatic ring is 1. The van der Waals surface area contributed by atoms with E-state index >= 15 is 0 Å². The molecule has 5 N–H and O–H groups in total. The molecule has 0 aliphatic carbocycles. The number of pyridine rings is 1. The smallest absolute Gasteiger partial charge is 0.407 e. The molecule has 1 amide bonds. The van der Waals surface area contributed by atoms with Gasteiger partial charge in [0.2, 0.25) is 0 Å². The molecule has 2 rings (SSSR count). The van der Waals surface area contributed by atoms with E-state index in [1.165, 1.54) is 0 Å². The lowest BCUT2D eigenvalue weighted by atomic mass is 10.2. The number of nitrogens with one attached hydrogen (secondary N) is 3. The first-order chi connectivity index (χ1) is 13.7. The van der Waals surface area contributed by atoms with Gasteiger partial charge in [-0.15, -0.1) is 0 Å². The number of hydrogen-bond acceptors (Lipinski definition) is 6. The van der Waals surface area contributed by atoms with Gasteiger partial charge < -0.3 is 26.4 Å². The zero-order chi connectivity index (χ0) is 21.4. The predicted molar refractivity (Wildman–Crippen MR) is 120 cm³/mol. The minimum absolute atomic E-state index is 0.422. The van der Waals surface area contributed by atoms with Crippen LogP contribution in [0.25, 0.3) is 0 Å². The number of halogens is 2. The van der Waals surface area contributed by atoms with Crippen LogP contribution in [0.15, 0.2) is 30.5 Å². The van der Waals surface area contributed by atoms with Gasteiger partial charge in [-0.1, -0.05) is 35.3 Å². The summed E-state index contributed by atoms with van der Waals surface area (Å²) in [5, 5.41) is 10.2. The number of nitrogens with two attached hydrogens (primary N) is 1. The van der Waals surface area contributed by atoms with E-state index < -0.39 is 11.7 Å². The lowest BCUT2D eigenvalue weighted by molar-refractivity contribution is 0.0528. The summed E-state index contributed by atoms with van der Waals surface area (Å²) in [5.41, 5.74) is 7.65. The normalized spacial score (nSPS) is 11.1. The monoisotopic (exact) mass is 439 g/mol. The summed E-state index contributed by atoms with van der Waals surface area (Å²) < 4.78 is 5.19. The number of alkyl carbamates (subject to hydrolysis) is 1. The Bertz CT molecular complexity index is 840. The topological polar surface area (TPSA) is 101 Å². The highest BCUT2D eigenvalue weighted by atomic mass is 35.5. The van der Waals surface area contributed by atoms with Crippen molar-refractivity contribution in [3.05, 3.63) is 46.1 Å². The molecule has 1 heterocycles. The molecule has 0 bridgehead atoms. The zero-order valence-electron chi connectivity index (χ0n) is 16.8. The van der Waals surface area contributed by atoms with Gasteiger partial charge in [0.25, 0.3) is 0 Å². The van der Waals surface area contributed by atoms with Gasteiger partial charge in [0.1, 0.15) is 11.4 Å². The molecule has 29 heavy (non-hydrogen) atoms. The van der Waals surface area contributed by atoms with E-state index in [0.29, 0.717) is 47.6 Å². The molecule has 1 aromatic heterocycles. The SMILES string of the molecule is CC(C)(C)OC(=O)NCCCNc1cc(NCc2cccc(Cl)c2Cl)c(N)cn1.